The van der Waals surface area contributed by atoms with E-state index in [1.807, 2.05) is 26.1 Å². The summed E-state index contributed by atoms with van der Waals surface area (Å²) in [6.45, 7) is 2.93. The minimum Gasteiger partial charge on any atom is -0.478 e. The Morgan fingerprint density at radius 1 is 1.35 bits per heavy atom. The zero-order valence-electron chi connectivity index (χ0n) is 12.3. The van der Waals surface area contributed by atoms with Gasteiger partial charge in [-0.15, -0.1) is 0 Å². The fraction of sp³-hybridized carbons (Fsp3) is 0.588. The number of hydrogen-bond acceptors (Lipinski definition) is 2. The third-order valence-corrected chi connectivity index (χ3v) is 5.19. The number of carboxylic acids is 1. The number of carboxylic acid groups (broad SMARTS) is 1. The molecule has 0 spiro atoms. The van der Waals surface area contributed by atoms with Gasteiger partial charge < -0.3 is 10.0 Å². The van der Waals surface area contributed by atoms with Crippen LogP contribution in [0.15, 0.2) is 18.2 Å². The summed E-state index contributed by atoms with van der Waals surface area (Å²) in [6, 6.07) is 5.72. The first-order valence-electron chi connectivity index (χ1n) is 7.59. The highest BCUT2D eigenvalue weighted by molar-refractivity contribution is 5.94. The van der Waals surface area contributed by atoms with Gasteiger partial charge in [0.25, 0.3) is 0 Å². The largest absolute Gasteiger partial charge is 0.478 e. The van der Waals surface area contributed by atoms with Gasteiger partial charge in [-0.25, -0.2) is 4.79 Å². The second kappa shape index (κ2) is 5.12. The van der Waals surface area contributed by atoms with Crippen LogP contribution in [0.4, 0.5) is 5.69 Å². The quantitative estimate of drug-likeness (QED) is 0.911. The molecule has 3 atom stereocenters. The van der Waals surface area contributed by atoms with Crippen molar-refractivity contribution in [2.45, 2.75) is 32.6 Å². The predicted molar refractivity (Wildman–Crippen MR) is 80.3 cm³/mol. The zero-order chi connectivity index (χ0) is 14.3. The van der Waals surface area contributed by atoms with Gasteiger partial charge in [-0.2, -0.15) is 0 Å². The van der Waals surface area contributed by atoms with Gasteiger partial charge in [-0.05, 0) is 56.1 Å². The topological polar surface area (TPSA) is 40.5 Å². The zero-order valence-corrected chi connectivity index (χ0v) is 12.3. The molecule has 0 amide bonds. The van der Waals surface area contributed by atoms with Crippen molar-refractivity contribution < 1.29 is 9.90 Å². The smallest absolute Gasteiger partial charge is 0.337 e. The van der Waals surface area contributed by atoms with Crippen LogP contribution in [0, 0.1) is 24.7 Å². The van der Waals surface area contributed by atoms with Crippen LogP contribution in [0.5, 0.6) is 0 Å². The van der Waals surface area contributed by atoms with Crippen molar-refractivity contribution >= 4 is 11.7 Å². The lowest BCUT2D eigenvalue weighted by atomic mass is 9.88. The van der Waals surface area contributed by atoms with E-state index in [1.165, 1.54) is 25.7 Å². The van der Waals surface area contributed by atoms with Gasteiger partial charge in [0.05, 0.1) is 11.3 Å². The molecule has 0 heterocycles. The normalized spacial score (nSPS) is 27.8. The Morgan fingerprint density at radius 2 is 2.15 bits per heavy atom. The maximum atomic E-state index is 11.4. The summed E-state index contributed by atoms with van der Waals surface area (Å²) in [5.41, 5.74) is 2.28. The molecular formula is C17H23NO2. The molecule has 0 aliphatic heterocycles. The molecule has 0 radical (unpaired) electrons. The average molecular weight is 273 g/mol. The van der Waals surface area contributed by atoms with E-state index >= 15 is 0 Å². The third kappa shape index (κ3) is 2.41. The number of aryl methyl sites for hydroxylation is 1. The summed E-state index contributed by atoms with van der Waals surface area (Å²) in [4.78, 5) is 13.6. The highest BCUT2D eigenvalue weighted by atomic mass is 16.4. The first kappa shape index (κ1) is 13.5. The number of carbonyl (C=O) groups is 1. The Labute approximate surface area is 120 Å². The fourth-order valence-corrected chi connectivity index (χ4v) is 4.20. The summed E-state index contributed by atoms with van der Waals surface area (Å²) >= 11 is 0. The number of rotatable bonds is 4. The van der Waals surface area contributed by atoms with Crippen LogP contribution in [0.25, 0.3) is 0 Å². The molecule has 1 N–H and O–H groups in total. The molecule has 2 fully saturated rings. The first-order valence-corrected chi connectivity index (χ1v) is 7.59. The molecule has 108 valence electrons. The second-order valence-corrected chi connectivity index (χ2v) is 6.64. The number of nitrogens with zero attached hydrogens (tertiary/aromatic N) is 1. The maximum Gasteiger partial charge on any atom is 0.337 e. The number of aromatic carboxylic acids is 1. The number of anilines is 1. The molecule has 0 saturated heterocycles. The fourth-order valence-electron chi connectivity index (χ4n) is 4.20. The molecule has 20 heavy (non-hydrogen) atoms. The van der Waals surface area contributed by atoms with Crippen molar-refractivity contribution in [3.8, 4) is 0 Å². The van der Waals surface area contributed by atoms with Gasteiger partial charge in [0.1, 0.15) is 0 Å². The van der Waals surface area contributed by atoms with Crippen LogP contribution in [-0.2, 0) is 0 Å². The number of hydrogen-bond donors (Lipinski definition) is 1. The van der Waals surface area contributed by atoms with E-state index in [1.54, 1.807) is 6.07 Å². The molecule has 3 unspecified atom stereocenters. The lowest BCUT2D eigenvalue weighted by Crippen LogP contribution is -2.29. The Balaban J connectivity index is 1.77. The minimum atomic E-state index is -0.830. The lowest BCUT2D eigenvalue weighted by molar-refractivity contribution is 0.0697. The Bertz CT molecular complexity index is 526. The number of fused-ring (bicyclic) bond motifs is 2. The number of benzene rings is 1. The van der Waals surface area contributed by atoms with Crippen LogP contribution in [-0.4, -0.2) is 24.7 Å². The van der Waals surface area contributed by atoms with E-state index in [4.69, 9.17) is 0 Å². The Morgan fingerprint density at radius 3 is 2.75 bits per heavy atom. The molecule has 1 aromatic carbocycles. The maximum absolute atomic E-state index is 11.4. The van der Waals surface area contributed by atoms with Crippen LogP contribution >= 0.6 is 0 Å². The van der Waals surface area contributed by atoms with Gasteiger partial charge >= 0.3 is 5.97 Å². The lowest BCUT2D eigenvalue weighted by Gasteiger charge is -2.29. The van der Waals surface area contributed by atoms with Gasteiger partial charge in [-0.1, -0.05) is 18.1 Å². The van der Waals surface area contributed by atoms with Gasteiger partial charge in [0.2, 0.25) is 0 Å². The SMILES string of the molecule is Cc1ccc(N(C)CC2CC3CCC2C3)c(C(=O)O)c1. The van der Waals surface area contributed by atoms with Crippen molar-refractivity contribution in [1.82, 2.24) is 0 Å². The van der Waals surface area contributed by atoms with Gasteiger partial charge in [0.15, 0.2) is 0 Å². The van der Waals surface area contributed by atoms with E-state index in [0.717, 1.165) is 35.5 Å². The molecule has 3 nitrogen and oxygen atoms in total. The summed E-state index contributed by atoms with van der Waals surface area (Å²) in [5, 5.41) is 9.38. The summed E-state index contributed by atoms with van der Waals surface area (Å²) in [7, 11) is 2.03. The van der Waals surface area contributed by atoms with E-state index in [-0.39, 0.29) is 0 Å². The molecule has 0 aromatic heterocycles. The molecule has 2 aliphatic carbocycles. The molecule has 2 aliphatic rings. The average Bonchev–Trinajstić information content (AvgIpc) is 3.00. The monoisotopic (exact) mass is 273 g/mol. The van der Waals surface area contributed by atoms with Crippen molar-refractivity contribution in [3.05, 3.63) is 29.3 Å². The summed E-state index contributed by atoms with van der Waals surface area (Å²) < 4.78 is 0. The van der Waals surface area contributed by atoms with Gasteiger partial charge in [0, 0.05) is 13.6 Å². The highest BCUT2D eigenvalue weighted by Gasteiger charge is 2.39. The van der Waals surface area contributed by atoms with Crippen LogP contribution in [0.1, 0.15) is 41.6 Å². The van der Waals surface area contributed by atoms with E-state index in [9.17, 15) is 9.90 Å². The van der Waals surface area contributed by atoms with Crippen LogP contribution in [0.2, 0.25) is 0 Å². The van der Waals surface area contributed by atoms with Crippen molar-refractivity contribution in [2.75, 3.05) is 18.5 Å². The van der Waals surface area contributed by atoms with Crippen molar-refractivity contribution in [1.29, 1.82) is 0 Å². The first-order chi connectivity index (χ1) is 9.54. The molecule has 3 rings (SSSR count). The highest BCUT2D eigenvalue weighted by Crippen LogP contribution is 2.48. The molecule has 3 heteroatoms. The Kier molecular flexibility index (Phi) is 3.45. The predicted octanol–water partition coefficient (Wildman–Crippen LogP) is 3.57. The van der Waals surface area contributed by atoms with E-state index in [0.29, 0.717) is 5.56 Å². The Hall–Kier alpha value is -1.51. The second-order valence-electron chi connectivity index (χ2n) is 6.64. The summed E-state index contributed by atoms with van der Waals surface area (Å²) in [6.07, 6.45) is 5.53. The third-order valence-electron chi connectivity index (χ3n) is 5.19. The molecule has 2 saturated carbocycles. The van der Waals surface area contributed by atoms with Crippen molar-refractivity contribution in [3.63, 3.8) is 0 Å². The van der Waals surface area contributed by atoms with E-state index < -0.39 is 5.97 Å². The van der Waals surface area contributed by atoms with Crippen molar-refractivity contribution in [2.24, 2.45) is 17.8 Å². The molecular weight excluding hydrogens is 250 g/mol. The minimum absolute atomic E-state index is 0.427. The molecule has 1 aromatic rings. The summed E-state index contributed by atoms with van der Waals surface area (Å²) in [5.74, 6) is 1.74. The molecule has 2 bridgehead atoms. The van der Waals surface area contributed by atoms with Crippen LogP contribution in [0.3, 0.4) is 0 Å². The van der Waals surface area contributed by atoms with Gasteiger partial charge in [-0.3, -0.25) is 0 Å². The van der Waals surface area contributed by atoms with Crippen LogP contribution < -0.4 is 4.90 Å². The van der Waals surface area contributed by atoms with E-state index in [2.05, 4.69) is 4.90 Å². The standard InChI is InChI=1S/C17H23NO2/c1-11-3-6-16(15(7-11)17(19)20)18(2)10-14-9-12-4-5-13(14)8-12/h3,6-7,12-14H,4-5,8-10H2,1-2H3,(H,19,20).